The molecule has 51 heavy (non-hydrogen) atoms. The number of benzene rings is 3. The normalized spacial score (nSPS) is 16.6. The van der Waals surface area contributed by atoms with E-state index in [1.807, 2.05) is 36.4 Å². The fourth-order valence-electron chi connectivity index (χ4n) is 6.38. The minimum Gasteiger partial charge on any atom is -0.464 e. The quantitative estimate of drug-likeness (QED) is 0.140. The fourth-order valence-corrected chi connectivity index (χ4v) is 6.38. The van der Waals surface area contributed by atoms with Gasteiger partial charge in [0.2, 0.25) is 0 Å². The molecule has 3 N–H and O–H groups in total. The average molecular weight is 697 g/mol. The summed E-state index contributed by atoms with van der Waals surface area (Å²) in [5.74, 6) is -2.78. The first-order valence-electron chi connectivity index (χ1n) is 17.0. The number of fused-ring (bicyclic) bond motifs is 1. The lowest BCUT2D eigenvalue weighted by atomic mass is 9.82. The molecule has 1 aliphatic rings. The van der Waals surface area contributed by atoms with Gasteiger partial charge in [0, 0.05) is 42.6 Å². The van der Waals surface area contributed by atoms with E-state index in [-0.39, 0.29) is 43.3 Å². The third-order valence-corrected chi connectivity index (χ3v) is 9.22. The van der Waals surface area contributed by atoms with Crippen LogP contribution < -0.4 is 11.1 Å². The van der Waals surface area contributed by atoms with E-state index in [1.165, 1.54) is 30.5 Å². The standard InChI is InChI=1S/C40H39F3N4O4/c41-29-10-5-26(6-11-29)39(27-7-12-30(42)13-8-27)40(44)37(48)19-28-20-45-22-35(43)34(28)17-16-33-21-46-32(23-50-33)24-51-38(49)18-15-31-14-9-25-3-1-2-4-36(25)47-31/h1-14,20,22,32-33,39-40,46H,15-19,21,23-24,44H2/t32-,33+,40+/m0/s1. The first kappa shape index (κ1) is 35.8. The number of ether oxygens (including phenoxy) is 2. The molecule has 0 amide bonds. The first-order chi connectivity index (χ1) is 24.7. The van der Waals surface area contributed by atoms with Gasteiger partial charge >= 0.3 is 5.97 Å². The van der Waals surface area contributed by atoms with E-state index >= 15 is 4.39 Å². The molecule has 8 nitrogen and oxygen atoms in total. The van der Waals surface area contributed by atoms with E-state index in [9.17, 15) is 18.4 Å². The first-order valence-corrected chi connectivity index (χ1v) is 17.0. The van der Waals surface area contributed by atoms with Crippen molar-refractivity contribution in [2.45, 2.75) is 56.2 Å². The van der Waals surface area contributed by atoms with Crippen LogP contribution in [-0.4, -0.2) is 59.7 Å². The number of rotatable bonds is 14. The second kappa shape index (κ2) is 16.8. The van der Waals surface area contributed by atoms with Gasteiger partial charge in [0.15, 0.2) is 5.78 Å². The van der Waals surface area contributed by atoms with Gasteiger partial charge in [-0.15, -0.1) is 0 Å². The Morgan fingerprint density at radius 3 is 2.29 bits per heavy atom. The van der Waals surface area contributed by atoms with Crippen molar-refractivity contribution >= 4 is 22.7 Å². The molecule has 0 spiro atoms. The van der Waals surface area contributed by atoms with Gasteiger partial charge in [-0.05, 0) is 71.5 Å². The maximum absolute atomic E-state index is 15.1. The lowest BCUT2D eigenvalue weighted by molar-refractivity contribution is -0.145. The number of esters is 1. The van der Waals surface area contributed by atoms with E-state index in [0.29, 0.717) is 54.7 Å². The zero-order valence-electron chi connectivity index (χ0n) is 27.9. The Morgan fingerprint density at radius 1 is 0.902 bits per heavy atom. The van der Waals surface area contributed by atoms with E-state index < -0.39 is 29.4 Å². The SMILES string of the molecule is N[C@H](C(=O)Cc1cncc(F)c1CC[C@@H]1CN[C@H](COC(=O)CCc2ccc3ccccc3n2)CO1)C(c1ccc(F)cc1)c1ccc(F)cc1. The minimum absolute atomic E-state index is 0.166. The van der Waals surface area contributed by atoms with Gasteiger partial charge in [0.05, 0.1) is 42.9 Å². The van der Waals surface area contributed by atoms with Crippen LogP contribution in [0.4, 0.5) is 13.2 Å². The number of morpholine rings is 1. The molecular weight excluding hydrogens is 657 g/mol. The Labute approximate surface area is 294 Å². The van der Waals surface area contributed by atoms with Gasteiger partial charge in [-0.3, -0.25) is 19.6 Å². The Kier molecular flexibility index (Phi) is 11.8. The lowest BCUT2D eigenvalue weighted by Gasteiger charge is -2.30. The van der Waals surface area contributed by atoms with Crippen LogP contribution >= 0.6 is 0 Å². The number of pyridine rings is 2. The van der Waals surface area contributed by atoms with Crippen molar-refractivity contribution in [3.8, 4) is 0 Å². The van der Waals surface area contributed by atoms with Crippen LogP contribution in [0.15, 0.2) is 97.3 Å². The van der Waals surface area contributed by atoms with Crippen LogP contribution in [0.25, 0.3) is 10.9 Å². The van der Waals surface area contributed by atoms with Crippen LogP contribution in [0.2, 0.25) is 0 Å². The third-order valence-electron chi connectivity index (χ3n) is 9.22. The van der Waals surface area contributed by atoms with Gasteiger partial charge in [-0.1, -0.05) is 48.5 Å². The monoisotopic (exact) mass is 696 g/mol. The van der Waals surface area contributed by atoms with Crippen molar-refractivity contribution in [1.82, 2.24) is 15.3 Å². The van der Waals surface area contributed by atoms with E-state index in [2.05, 4.69) is 15.3 Å². The second-order valence-electron chi connectivity index (χ2n) is 12.8. The summed E-state index contributed by atoms with van der Waals surface area (Å²) in [4.78, 5) is 34.6. The summed E-state index contributed by atoms with van der Waals surface area (Å²) >= 11 is 0. The highest BCUT2D eigenvalue weighted by Gasteiger charge is 2.29. The number of nitrogens with one attached hydrogen (secondary N) is 1. The molecule has 1 fully saturated rings. The van der Waals surface area contributed by atoms with Gasteiger partial charge in [-0.25, -0.2) is 13.2 Å². The Bertz CT molecular complexity index is 1910. The number of Topliss-reactive ketones (excluding diaryl/α,β-unsaturated/α-hetero) is 1. The molecular formula is C40H39F3N4O4. The summed E-state index contributed by atoms with van der Waals surface area (Å²) in [5.41, 5.74) is 10.2. The number of nitrogens with zero attached hydrogens (tertiary/aromatic N) is 2. The molecule has 3 heterocycles. The molecule has 1 saturated heterocycles. The predicted molar refractivity (Wildman–Crippen MR) is 186 cm³/mol. The number of hydrogen-bond donors (Lipinski definition) is 2. The molecule has 2 aromatic heterocycles. The van der Waals surface area contributed by atoms with Crippen molar-refractivity contribution in [3.63, 3.8) is 0 Å². The molecule has 0 bridgehead atoms. The van der Waals surface area contributed by atoms with Crippen LogP contribution in [0.1, 0.15) is 46.7 Å². The zero-order valence-corrected chi connectivity index (χ0v) is 27.9. The lowest BCUT2D eigenvalue weighted by Crippen LogP contribution is -2.49. The molecule has 0 aliphatic carbocycles. The summed E-state index contributed by atoms with van der Waals surface area (Å²) in [6.45, 7) is 0.961. The number of nitrogens with two attached hydrogens (primary N) is 1. The number of para-hydroxylation sites is 1. The number of carbonyl (C=O) groups is 2. The van der Waals surface area contributed by atoms with Crippen LogP contribution in [0, 0.1) is 17.5 Å². The fraction of sp³-hybridized carbons (Fsp3) is 0.300. The topological polar surface area (TPSA) is 116 Å². The number of carbonyl (C=O) groups excluding carboxylic acids is 2. The number of halogens is 3. The van der Waals surface area contributed by atoms with Crippen molar-refractivity contribution in [3.05, 3.63) is 143 Å². The molecule has 0 saturated carbocycles. The second-order valence-corrected chi connectivity index (χ2v) is 12.8. The Balaban J connectivity index is 0.992. The van der Waals surface area contributed by atoms with E-state index in [4.69, 9.17) is 15.2 Å². The van der Waals surface area contributed by atoms with Crippen molar-refractivity contribution < 1.29 is 32.2 Å². The molecule has 264 valence electrons. The van der Waals surface area contributed by atoms with Gasteiger partial charge < -0.3 is 20.5 Å². The summed E-state index contributed by atoms with van der Waals surface area (Å²) in [5, 5.41) is 4.39. The van der Waals surface area contributed by atoms with Gasteiger partial charge in [0.25, 0.3) is 0 Å². The van der Waals surface area contributed by atoms with E-state index in [0.717, 1.165) is 22.8 Å². The van der Waals surface area contributed by atoms with Crippen LogP contribution in [0.5, 0.6) is 0 Å². The molecule has 3 aromatic carbocycles. The van der Waals surface area contributed by atoms with Crippen LogP contribution in [0.3, 0.4) is 0 Å². The highest BCUT2D eigenvalue weighted by atomic mass is 19.1. The smallest absolute Gasteiger partial charge is 0.306 e. The van der Waals surface area contributed by atoms with Gasteiger partial charge in [-0.2, -0.15) is 0 Å². The average Bonchev–Trinajstić information content (AvgIpc) is 3.14. The largest absolute Gasteiger partial charge is 0.464 e. The predicted octanol–water partition coefficient (Wildman–Crippen LogP) is 5.78. The summed E-state index contributed by atoms with van der Waals surface area (Å²) in [6.07, 6.45) is 3.64. The summed E-state index contributed by atoms with van der Waals surface area (Å²) in [7, 11) is 0. The number of hydrogen-bond acceptors (Lipinski definition) is 8. The number of aryl methyl sites for hydroxylation is 1. The highest BCUT2D eigenvalue weighted by Crippen LogP contribution is 2.29. The number of aromatic nitrogens is 2. The molecule has 6 rings (SSSR count). The van der Waals surface area contributed by atoms with Crippen LogP contribution in [-0.2, 0) is 38.3 Å². The molecule has 1 aliphatic heterocycles. The maximum Gasteiger partial charge on any atom is 0.306 e. The van der Waals surface area contributed by atoms with Crippen molar-refractivity contribution in [1.29, 1.82) is 0 Å². The van der Waals surface area contributed by atoms with E-state index in [1.54, 1.807) is 24.3 Å². The Hall–Kier alpha value is -4.97. The zero-order chi connectivity index (χ0) is 35.7. The van der Waals surface area contributed by atoms with Gasteiger partial charge in [0.1, 0.15) is 24.1 Å². The summed E-state index contributed by atoms with van der Waals surface area (Å²) < 4.78 is 54.0. The minimum atomic E-state index is -1.08. The summed E-state index contributed by atoms with van der Waals surface area (Å²) in [6, 6.07) is 21.8. The molecule has 3 atom stereocenters. The number of ketones is 1. The molecule has 0 unspecified atom stereocenters. The van der Waals surface area contributed by atoms with Crippen molar-refractivity contribution in [2.24, 2.45) is 5.73 Å². The molecule has 5 aromatic rings. The maximum atomic E-state index is 15.1. The molecule has 0 radical (unpaired) electrons. The third kappa shape index (κ3) is 9.43. The van der Waals surface area contributed by atoms with Crippen molar-refractivity contribution in [2.75, 3.05) is 19.8 Å². The molecule has 11 heteroatoms. The Morgan fingerprint density at radius 2 is 1.61 bits per heavy atom. The highest BCUT2D eigenvalue weighted by molar-refractivity contribution is 5.87.